The highest BCUT2D eigenvalue weighted by Crippen LogP contribution is 2.39. The maximum atomic E-state index is 13.7. The van der Waals surface area contributed by atoms with Gasteiger partial charge in [-0.15, -0.1) is 0 Å². The Bertz CT molecular complexity index is 407. The first-order valence-electron chi connectivity index (χ1n) is 6.51. The molecule has 1 aliphatic carbocycles. The maximum absolute atomic E-state index is 13.7. The van der Waals surface area contributed by atoms with Crippen molar-refractivity contribution in [1.29, 1.82) is 0 Å². The minimum absolute atomic E-state index is 0.165. The first kappa shape index (κ1) is 11.0. The second kappa shape index (κ2) is 4.30. The summed E-state index contributed by atoms with van der Waals surface area (Å²) in [6.07, 6.45) is 4.08. The van der Waals surface area contributed by atoms with E-state index in [1.807, 2.05) is 12.1 Å². The molecule has 0 aromatic heterocycles. The van der Waals surface area contributed by atoms with Crippen LogP contribution in [0.2, 0.25) is 0 Å². The fraction of sp³-hybridized carbons (Fsp3) is 0.571. The Balaban J connectivity index is 1.79. The summed E-state index contributed by atoms with van der Waals surface area (Å²) in [6, 6.07) is 5.47. The number of nitrogens with zero attached hydrogens (tertiary/aromatic N) is 1. The fourth-order valence-electron chi connectivity index (χ4n) is 3.34. The van der Waals surface area contributed by atoms with E-state index < -0.39 is 0 Å². The highest BCUT2D eigenvalue weighted by atomic mass is 19.1. The minimum atomic E-state index is -0.165. The van der Waals surface area contributed by atoms with Crippen LogP contribution in [0.5, 0.6) is 0 Å². The number of anilines is 1. The van der Waals surface area contributed by atoms with Gasteiger partial charge in [0.25, 0.3) is 0 Å². The molecule has 2 N–H and O–H groups in total. The molecule has 1 saturated carbocycles. The van der Waals surface area contributed by atoms with Crippen molar-refractivity contribution in [2.45, 2.75) is 25.8 Å². The summed E-state index contributed by atoms with van der Waals surface area (Å²) < 4.78 is 13.7. The third-order valence-corrected chi connectivity index (χ3v) is 4.35. The highest BCUT2D eigenvalue weighted by molar-refractivity contribution is 5.49. The predicted octanol–water partition coefficient (Wildman–Crippen LogP) is 2.52. The Morgan fingerprint density at radius 2 is 1.94 bits per heavy atom. The highest BCUT2D eigenvalue weighted by Gasteiger charge is 2.36. The van der Waals surface area contributed by atoms with Crippen LogP contribution in [0.4, 0.5) is 10.1 Å². The molecule has 0 radical (unpaired) electrons. The lowest BCUT2D eigenvalue weighted by atomic mass is 10.0. The summed E-state index contributed by atoms with van der Waals surface area (Å²) >= 11 is 0. The molecule has 1 aliphatic heterocycles. The monoisotopic (exact) mass is 234 g/mol. The molecule has 0 bridgehead atoms. The molecule has 1 heterocycles. The van der Waals surface area contributed by atoms with Crippen LogP contribution in [0.15, 0.2) is 18.2 Å². The van der Waals surface area contributed by atoms with E-state index in [1.54, 1.807) is 6.07 Å². The predicted molar refractivity (Wildman–Crippen MR) is 67.3 cm³/mol. The molecule has 2 fully saturated rings. The third kappa shape index (κ3) is 1.93. The average molecular weight is 234 g/mol. The first-order chi connectivity index (χ1) is 8.28. The molecule has 17 heavy (non-hydrogen) atoms. The van der Waals surface area contributed by atoms with E-state index in [9.17, 15) is 4.39 Å². The molecule has 2 atom stereocenters. The summed E-state index contributed by atoms with van der Waals surface area (Å²) in [5.41, 5.74) is 7.10. The van der Waals surface area contributed by atoms with E-state index in [0.29, 0.717) is 5.56 Å². The topological polar surface area (TPSA) is 29.3 Å². The minimum Gasteiger partial charge on any atom is -0.371 e. The smallest absolute Gasteiger partial charge is 0.129 e. The number of hydrogen-bond donors (Lipinski definition) is 1. The lowest BCUT2D eigenvalue weighted by Crippen LogP contribution is -2.21. The lowest BCUT2D eigenvalue weighted by molar-refractivity contribution is 0.494. The third-order valence-electron chi connectivity index (χ3n) is 4.35. The standard InChI is InChI=1S/C14H19FN2/c15-14-6-13(5-4-10(14)7-16)17-8-11-2-1-3-12(11)9-17/h4-6,11-12H,1-3,7-9,16H2. The van der Waals surface area contributed by atoms with Crippen LogP contribution in [-0.2, 0) is 6.54 Å². The quantitative estimate of drug-likeness (QED) is 0.852. The van der Waals surface area contributed by atoms with Crippen molar-refractivity contribution >= 4 is 5.69 Å². The maximum Gasteiger partial charge on any atom is 0.129 e. The van der Waals surface area contributed by atoms with Gasteiger partial charge in [-0.25, -0.2) is 4.39 Å². The molecule has 1 saturated heterocycles. The fourth-order valence-corrected chi connectivity index (χ4v) is 3.34. The number of nitrogens with two attached hydrogens (primary N) is 1. The van der Waals surface area contributed by atoms with Gasteiger partial charge in [-0.1, -0.05) is 12.5 Å². The molecule has 1 aromatic rings. The van der Waals surface area contributed by atoms with Crippen molar-refractivity contribution in [2.75, 3.05) is 18.0 Å². The van der Waals surface area contributed by atoms with E-state index in [2.05, 4.69) is 4.90 Å². The van der Waals surface area contributed by atoms with Gasteiger partial charge in [0.15, 0.2) is 0 Å². The van der Waals surface area contributed by atoms with Gasteiger partial charge in [-0.05, 0) is 36.8 Å². The SMILES string of the molecule is NCc1ccc(N2CC3CCCC3C2)cc1F. The van der Waals surface area contributed by atoms with Crippen LogP contribution >= 0.6 is 0 Å². The zero-order valence-electron chi connectivity index (χ0n) is 10.0. The Morgan fingerprint density at radius 3 is 2.53 bits per heavy atom. The number of rotatable bonds is 2. The zero-order valence-corrected chi connectivity index (χ0v) is 10.0. The van der Waals surface area contributed by atoms with Gasteiger partial charge in [0.05, 0.1) is 0 Å². The van der Waals surface area contributed by atoms with Crippen LogP contribution in [0.1, 0.15) is 24.8 Å². The largest absolute Gasteiger partial charge is 0.371 e. The van der Waals surface area contributed by atoms with Crippen LogP contribution in [0.25, 0.3) is 0 Å². The summed E-state index contributed by atoms with van der Waals surface area (Å²) in [5.74, 6) is 1.52. The number of benzene rings is 1. The van der Waals surface area contributed by atoms with E-state index in [-0.39, 0.29) is 12.4 Å². The van der Waals surface area contributed by atoms with Crippen LogP contribution in [0, 0.1) is 17.7 Å². The molecule has 3 rings (SSSR count). The van der Waals surface area contributed by atoms with Crippen molar-refractivity contribution in [3.05, 3.63) is 29.6 Å². The molecule has 2 aliphatic rings. The second-order valence-electron chi connectivity index (χ2n) is 5.34. The number of fused-ring (bicyclic) bond motifs is 1. The molecule has 0 spiro atoms. The van der Waals surface area contributed by atoms with Crippen molar-refractivity contribution in [3.8, 4) is 0 Å². The molecular formula is C14H19FN2. The van der Waals surface area contributed by atoms with Crippen LogP contribution in [0.3, 0.4) is 0 Å². The van der Waals surface area contributed by atoms with E-state index in [0.717, 1.165) is 30.6 Å². The van der Waals surface area contributed by atoms with Crippen molar-refractivity contribution < 1.29 is 4.39 Å². The van der Waals surface area contributed by atoms with E-state index in [4.69, 9.17) is 5.73 Å². The van der Waals surface area contributed by atoms with Gasteiger partial charge < -0.3 is 10.6 Å². The van der Waals surface area contributed by atoms with Gasteiger partial charge in [0.2, 0.25) is 0 Å². The second-order valence-corrected chi connectivity index (χ2v) is 5.34. The molecule has 3 heteroatoms. The van der Waals surface area contributed by atoms with Gasteiger partial charge in [-0.3, -0.25) is 0 Å². The Morgan fingerprint density at radius 1 is 1.24 bits per heavy atom. The summed E-state index contributed by atoms with van der Waals surface area (Å²) in [5, 5.41) is 0. The van der Waals surface area contributed by atoms with Gasteiger partial charge in [-0.2, -0.15) is 0 Å². The van der Waals surface area contributed by atoms with Crippen LogP contribution < -0.4 is 10.6 Å². The van der Waals surface area contributed by atoms with E-state index >= 15 is 0 Å². The summed E-state index contributed by atoms with van der Waals surface area (Å²) in [6.45, 7) is 2.48. The molecule has 1 aromatic carbocycles. The first-order valence-corrected chi connectivity index (χ1v) is 6.51. The molecular weight excluding hydrogens is 215 g/mol. The van der Waals surface area contributed by atoms with Crippen molar-refractivity contribution in [3.63, 3.8) is 0 Å². The van der Waals surface area contributed by atoms with Crippen molar-refractivity contribution in [2.24, 2.45) is 17.6 Å². The molecule has 92 valence electrons. The Kier molecular flexibility index (Phi) is 2.79. The van der Waals surface area contributed by atoms with Crippen LogP contribution in [-0.4, -0.2) is 13.1 Å². The molecule has 0 amide bonds. The number of hydrogen-bond acceptors (Lipinski definition) is 2. The Labute approximate surface area is 102 Å². The normalized spacial score (nSPS) is 27.5. The van der Waals surface area contributed by atoms with E-state index in [1.165, 1.54) is 19.3 Å². The zero-order chi connectivity index (χ0) is 11.8. The Hall–Kier alpha value is -1.09. The van der Waals surface area contributed by atoms with Gasteiger partial charge in [0, 0.05) is 30.9 Å². The lowest BCUT2D eigenvalue weighted by Gasteiger charge is -2.20. The summed E-state index contributed by atoms with van der Waals surface area (Å²) in [4.78, 5) is 2.33. The number of halogens is 1. The molecule has 2 nitrogen and oxygen atoms in total. The van der Waals surface area contributed by atoms with Gasteiger partial charge in [0.1, 0.15) is 5.82 Å². The molecule has 2 unspecified atom stereocenters. The average Bonchev–Trinajstić information content (AvgIpc) is 2.88. The van der Waals surface area contributed by atoms with Gasteiger partial charge >= 0.3 is 0 Å². The summed E-state index contributed by atoms with van der Waals surface area (Å²) in [7, 11) is 0. The van der Waals surface area contributed by atoms with Crippen molar-refractivity contribution in [1.82, 2.24) is 0 Å².